The Hall–Kier alpha value is -2.99. The zero-order chi connectivity index (χ0) is 17.2. The van der Waals surface area contributed by atoms with Crippen molar-refractivity contribution in [1.29, 1.82) is 0 Å². The molecule has 25 heavy (non-hydrogen) atoms. The van der Waals surface area contributed by atoms with E-state index in [0.29, 0.717) is 11.3 Å². The first kappa shape index (κ1) is 15.5. The quantitative estimate of drug-likeness (QED) is 0.560. The summed E-state index contributed by atoms with van der Waals surface area (Å²) in [7, 11) is 0. The van der Waals surface area contributed by atoms with Gasteiger partial charge in [-0.15, -0.1) is 0 Å². The minimum atomic E-state index is -0.185. The molecule has 0 aliphatic rings. The average molecular weight is 393 g/mol. The molecule has 0 aliphatic heterocycles. The molecule has 2 aromatic carbocycles. The van der Waals surface area contributed by atoms with E-state index in [1.54, 1.807) is 18.6 Å². The summed E-state index contributed by atoms with van der Waals surface area (Å²) < 4.78 is 2.66. The third-order valence-corrected chi connectivity index (χ3v) is 4.52. The van der Waals surface area contributed by atoms with E-state index in [0.717, 1.165) is 21.3 Å². The van der Waals surface area contributed by atoms with Crippen LogP contribution in [0.5, 0.6) is 0 Å². The summed E-state index contributed by atoms with van der Waals surface area (Å²) >= 11 is 3.38. The predicted molar refractivity (Wildman–Crippen MR) is 101 cm³/mol. The summed E-state index contributed by atoms with van der Waals surface area (Å²) in [4.78, 5) is 21.1. The molecule has 0 aliphatic carbocycles. The van der Waals surface area contributed by atoms with Crippen LogP contribution in [0, 0.1) is 0 Å². The fraction of sp³-hybridized carbons (Fsp3) is 0. The number of anilines is 1. The Labute approximate surface area is 152 Å². The minimum Gasteiger partial charge on any atom is -0.321 e. The molecule has 1 amide bonds. The number of nitrogens with one attached hydrogen (secondary N) is 1. The fourth-order valence-electron chi connectivity index (χ4n) is 2.59. The van der Waals surface area contributed by atoms with Crippen molar-refractivity contribution >= 4 is 38.6 Å². The van der Waals surface area contributed by atoms with E-state index >= 15 is 0 Å². The van der Waals surface area contributed by atoms with Crippen LogP contribution in [0.25, 0.3) is 16.9 Å². The number of fused-ring (bicyclic) bond motifs is 1. The molecule has 0 saturated heterocycles. The lowest BCUT2D eigenvalue weighted by atomic mass is 10.2. The highest BCUT2D eigenvalue weighted by Crippen LogP contribution is 2.20. The molecule has 0 atom stereocenters. The second-order valence-electron chi connectivity index (χ2n) is 5.44. The number of hydrogen-bond acceptors (Lipinski definition) is 3. The van der Waals surface area contributed by atoms with Crippen molar-refractivity contribution in [1.82, 2.24) is 14.5 Å². The maximum atomic E-state index is 12.3. The van der Waals surface area contributed by atoms with Crippen LogP contribution in [0.15, 0.2) is 77.7 Å². The fourth-order valence-corrected chi connectivity index (χ4v) is 3.05. The maximum absolute atomic E-state index is 12.3. The number of halogens is 1. The zero-order valence-electron chi connectivity index (χ0n) is 13.1. The summed E-state index contributed by atoms with van der Waals surface area (Å²) in [5.74, 6) is 0.558. The Kier molecular flexibility index (Phi) is 4.03. The third-order valence-electron chi connectivity index (χ3n) is 3.82. The van der Waals surface area contributed by atoms with Crippen LogP contribution in [0.4, 0.5) is 5.69 Å². The van der Waals surface area contributed by atoms with Crippen LogP contribution in [-0.2, 0) is 0 Å². The number of amides is 1. The van der Waals surface area contributed by atoms with Crippen molar-refractivity contribution in [2.24, 2.45) is 0 Å². The van der Waals surface area contributed by atoms with E-state index in [9.17, 15) is 4.79 Å². The molecule has 4 aromatic rings. The molecular weight excluding hydrogens is 380 g/mol. The van der Waals surface area contributed by atoms with Gasteiger partial charge in [-0.2, -0.15) is 0 Å². The standard InChI is InChI=1S/C19H13BrN4O/c20-15-6-2-1-5-14(15)19(25)23-13-9-10-18(21-11-13)24-12-22-16-7-3-4-8-17(16)24/h1-12H,(H,23,25). The van der Waals surface area contributed by atoms with Crippen molar-refractivity contribution in [3.05, 3.63) is 83.2 Å². The lowest BCUT2D eigenvalue weighted by molar-refractivity contribution is 0.102. The van der Waals surface area contributed by atoms with E-state index < -0.39 is 0 Å². The van der Waals surface area contributed by atoms with Gasteiger partial charge in [0.25, 0.3) is 5.91 Å². The highest BCUT2D eigenvalue weighted by Gasteiger charge is 2.10. The Balaban J connectivity index is 1.58. The van der Waals surface area contributed by atoms with Gasteiger partial charge in [0.2, 0.25) is 0 Å². The summed E-state index contributed by atoms with van der Waals surface area (Å²) in [6.07, 6.45) is 3.38. The van der Waals surface area contributed by atoms with Gasteiger partial charge in [0.05, 0.1) is 28.5 Å². The molecule has 0 fully saturated rings. The SMILES string of the molecule is O=C(Nc1ccc(-n2cnc3ccccc32)nc1)c1ccccc1Br. The van der Waals surface area contributed by atoms with E-state index in [2.05, 4.69) is 31.2 Å². The number of imidazole rings is 1. The first-order valence-corrected chi connectivity index (χ1v) is 8.46. The molecular formula is C19H13BrN4O. The maximum Gasteiger partial charge on any atom is 0.256 e. The van der Waals surface area contributed by atoms with Gasteiger partial charge in [-0.3, -0.25) is 9.36 Å². The molecule has 5 nitrogen and oxygen atoms in total. The van der Waals surface area contributed by atoms with E-state index in [4.69, 9.17) is 0 Å². The summed E-state index contributed by atoms with van der Waals surface area (Å²) in [5.41, 5.74) is 3.11. The number of aromatic nitrogens is 3. The second kappa shape index (κ2) is 6.49. The van der Waals surface area contributed by atoms with Crippen LogP contribution in [0.2, 0.25) is 0 Å². The smallest absolute Gasteiger partial charge is 0.256 e. The van der Waals surface area contributed by atoms with E-state index in [1.165, 1.54) is 0 Å². The lowest BCUT2D eigenvalue weighted by Crippen LogP contribution is -2.12. The molecule has 4 rings (SSSR count). The molecule has 122 valence electrons. The largest absolute Gasteiger partial charge is 0.321 e. The van der Waals surface area contributed by atoms with E-state index in [-0.39, 0.29) is 5.91 Å². The van der Waals surface area contributed by atoms with Crippen molar-refractivity contribution in [2.45, 2.75) is 0 Å². The molecule has 0 bridgehead atoms. The van der Waals surface area contributed by atoms with Crippen LogP contribution >= 0.6 is 15.9 Å². The van der Waals surface area contributed by atoms with Crippen molar-refractivity contribution < 1.29 is 4.79 Å². The predicted octanol–water partition coefficient (Wildman–Crippen LogP) is 4.44. The first-order valence-electron chi connectivity index (χ1n) is 7.67. The van der Waals surface area contributed by atoms with Gasteiger partial charge in [0.1, 0.15) is 12.1 Å². The van der Waals surface area contributed by atoms with Gasteiger partial charge in [0.15, 0.2) is 0 Å². The Morgan fingerprint density at radius 2 is 1.76 bits per heavy atom. The van der Waals surface area contributed by atoms with Gasteiger partial charge in [0, 0.05) is 4.47 Å². The number of carbonyl (C=O) groups excluding carboxylic acids is 1. The van der Waals surface area contributed by atoms with Gasteiger partial charge in [-0.05, 0) is 52.3 Å². The lowest BCUT2D eigenvalue weighted by Gasteiger charge is -2.08. The number of pyridine rings is 1. The third kappa shape index (κ3) is 3.04. The van der Waals surface area contributed by atoms with Crippen LogP contribution < -0.4 is 5.32 Å². The topological polar surface area (TPSA) is 59.8 Å². The number of hydrogen-bond donors (Lipinski definition) is 1. The molecule has 0 saturated carbocycles. The number of carbonyl (C=O) groups is 1. The van der Waals surface area contributed by atoms with Crippen molar-refractivity contribution in [3.63, 3.8) is 0 Å². The Morgan fingerprint density at radius 3 is 2.56 bits per heavy atom. The van der Waals surface area contributed by atoms with Gasteiger partial charge >= 0.3 is 0 Å². The number of benzene rings is 2. The highest BCUT2D eigenvalue weighted by atomic mass is 79.9. The highest BCUT2D eigenvalue weighted by molar-refractivity contribution is 9.10. The normalized spacial score (nSPS) is 10.8. The molecule has 2 aromatic heterocycles. The number of para-hydroxylation sites is 2. The van der Waals surface area contributed by atoms with Crippen molar-refractivity contribution in [3.8, 4) is 5.82 Å². The number of nitrogens with zero attached hydrogens (tertiary/aromatic N) is 3. The van der Waals surface area contributed by atoms with Crippen LogP contribution in [0.1, 0.15) is 10.4 Å². The van der Waals surface area contributed by atoms with Crippen LogP contribution in [-0.4, -0.2) is 20.4 Å². The second-order valence-corrected chi connectivity index (χ2v) is 6.30. The Bertz CT molecular complexity index is 1060. The molecule has 1 N–H and O–H groups in total. The molecule has 6 heteroatoms. The summed E-state index contributed by atoms with van der Waals surface area (Å²) in [6.45, 7) is 0. The van der Waals surface area contributed by atoms with Crippen LogP contribution in [0.3, 0.4) is 0 Å². The molecule has 2 heterocycles. The summed E-state index contributed by atoms with van der Waals surface area (Å²) in [6, 6.07) is 18.8. The van der Waals surface area contributed by atoms with Gasteiger partial charge in [-0.1, -0.05) is 24.3 Å². The molecule has 0 spiro atoms. The average Bonchev–Trinajstić information content (AvgIpc) is 3.07. The minimum absolute atomic E-state index is 0.185. The number of rotatable bonds is 3. The molecule has 0 radical (unpaired) electrons. The summed E-state index contributed by atoms with van der Waals surface area (Å²) in [5, 5.41) is 2.85. The Morgan fingerprint density at radius 1 is 0.960 bits per heavy atom. The molecule has 0 unspecified atom stereocenters. The van der Waals surface area contributed by atoms with Gasteiger partial charge < -0.3 is 5.32 Å². The van der Waals surface area contributed by atoms with Gasteiger partial charge in [-0.25, -0.2) is 9.97 Å². The van der Waals surface area contributed by atoms with Crippen molar-refractivity contribution in [2.75, 3.05) is 5.32 Å². The zero-order valence-corrected chi connectivity index (χ0v) is 14.6. The first-order chi connectivity index (χ1) is 12.2. The monoisotopic (exact) mass is 392 g/mol. The van der Waals surface area contributed by atoms with E-state index in [1.807, 2.05) is 59.2 Å².